The number of aliphatic hydroxyl groups excluding tert-OH is 1. The van der Waals surface area contributed by atoms with Crippen LogP contribution in [0.15, 0.2) is 72.6 Å². The molecule has 1 amide bonds. The van der Waals surface area contributed by atoms with Crippen LogP contribution in [0.1, 0.15) is 28.3 Å². The van der Waals surface area contributed by atoms with Gasteiger partial charge in [-0.1, -0.05) is 30.3 Å². The van der Waals surface area contributed by atoms with Crippen LogP contribution in [0.3, 0.4) is 0 Å². The number of fused-ring (bicyclic) bond motifs is 1. The Morgan fingerprint density at radius 1 is 1.15 bits per heavy atom. The van der Waals surface area contributed by atoms with Crippen LogP contribution in [0, 0.1) is 6.92 Å². The van der Waals surface area contributed by atoms with Crippen molar-refractivity contribution < 1.29 is 19.4 Å². The van der Waals surface area contributed by atoms with Gasteiger partial charge in [0.05, 0.1) is 23.8 Å². The molecule has 0 saturated carbocycles. The Hall–Kier alpha value is -4.13. The van der Waals surface area contributed by atoms with Crippen molar-refractivity contribution in [3.8, 4) is 5.75 Å². The number of benzene rings is 2. The number of aryl methyl sites for hydroxylation is 1. The number of likely N-dealkylation sites (N-methyl/N-ethyl adjacent to an activating group) is 1. The molecule has 172 valence electrons. The van der Waals surface area contributed by atoms with E-state index in [-0.39, 0.29) is 17.9 Å². The predicted octanol–water partition coefficient (Wildman–Crippen LogP) is 3.84. The second-order valence-corrected chi connectivity index (χ2v) is 8.60. The fourth-order valence-corrected chi connectivity index (χ4v) is 4.60. The van der Waals surface area contributed by atoms with E-state index in [1.54, 1.807) is 36.7 Å². The number of aliphatic hydroxyl groups is 1. The SMILES string of the molecule is Cc1ccccc1C1/C(=C(\O)c2ccc3c(c2)N(C)CCO3)C(=O)C(=O)N1Cc1cccnc1. The number of aromatic nitrogens is 1. The van der Waals surface area contributed by atoms with Crippen molar-refractivity contribution in [3.63, 3.8) is 0 Å². The predicted molar refractivity (Wildman–Crippen MR) is 128 cm³/mol. The minimum atomic E-state index is -0.716. The van der Waals surface area contributed by atoms with Crippen LogP contribution in [-0.4, -0.2) is 46.9 Å². The summed E-state index contributed by atoms with van der Waals surface area (Å²) >= 11 is 0. The second kappa shape index (κ2) is 8.67. The summed E-state index contributed by atoms with van der Waals surface area (Å²) in [6.45, 7) is 3.44. The zero-order valence-electron chi connectivity index (χ0n) is 19.1. The van der Waals surface area contributed by atoms with Gasteiger partial charge in [-0.25, -0.2) is 0 Å². The summed E-state index contributed by atoms with van der Waals surface area (Å²) < 4.78 is 5.71. The average Bonchev–Trinajstić information content (AvgIpc) is 3.09. The molecule has 2 aliphatic heterocycles. The lowest BCUT2D eigenvalue weighted by atomic mass is 9.92. The average molecular weight is 456 g/mol. The van der Waals surface area contributed by atoms with Gasteiger partial charge >= 0.3 is 0 Å². The molecule has 1 atom stereocenters. The largest absolute Gasteiger partial charge is 0.507 e. The molecule has 3 aromatic rings. The number of amides is 1. The molecule has 2 aliphatic rings. The standard InChI is InChI=1S/C27H25N3O4/c1-17-6-3-4-8-20(17)24-23(26(32)27(33)30(24)16-18-7-5-11-28-15-18)25(31)19-9-10-22-21(14-19)29(2)12-13-34-22/h3-11,14-15,24,31H,12-13,16H2,1-2H3/b25-23+. The number of likely N-dealkylation sites (tertiary alicyclic amines) is 1. The fourth-order valence-electron chi connectivity index (χ4n) is 4.60. The first kappa shape index (κ1) is 21.7. The molecule has 1 saturated heterocycles. The van der Waals surface area contributed by atoms with E-state index < -0.39 is 17.7 Å². The van der Waals surface area contributed by atoms with Crippen molar-refractivity contribution in [3.05, 3.63) is 94.8 Å². The molecule has 1 N–H and O–H groups in total. The summed E-state index contributed by atoms with van der Waals surface area (Å²) in [6.07, 6.45) is 3.33. The van der Waals surface area contributed by atoms with Gasteiger partial charge in [0.1, 0.15) is 18.1 Å². The van der Waals surface area contributed by atoms with Gasteiger partial charge in [0.15, 0.2) is 0 Å². The monoisotopic (exact) mass is 455 g/mol. The Morgan fingerprint density at radius 3 is 2.74 bits per heavy atom. The highest BCUT2D eigenvalue weighted by molar-refractivity contribution is 6.46. The molecule has 34 heavy (non-hydrogen) atoms. The molecule has 1 fully saturated rings. The minimum absolute atomic E-state index is 0.0857. The molecule has 2 aromatic carbocycles. The molecule has 0 radical (unpaired) electrons. The summed E-state index contributed by atoms with van der Waals surface area (Å²) in [4.78, 5) is 34.2. The maximum Gasteiger partial charge on any atom is 0.295 e. The normalized spacial score (nSPS) is 19.2. The van der Waals surface area contributed by atoms with E-state index in [9.17, 15) is 14.7 Å². The van der Waals surface area contributed by atoms with Crippen LogP contribution >= 0.6 is 0 Å². The molecule has 7 heteroatoms. The van der Waals surface area contributed by atoms with Crippen molar-refractivity contribution in [2.24, 2.45) is 0 Å². The van der Waals surface area contributed by atoms with Crippen molar-refractivity contribution in [2.45, 2.75) is 19.5 Å². The Morgan fingerprint density at radius 2 is 1.97 bits per heavy atom. The number of ether oxygens (including phenoxy) is 1. The first-order valence-corrected chi connectivity index (χ1v) is 11.2. The van der Waals surface area contributed by atoms with E-state index in [2.05, 4.69) is 4.98 Å². The first-order chi connectivity index (χ1) is 16.5. The number of pyridine rings is 1. The van der Waals surface area contributed by atoms with Gasteiger partial charge in [-0.15, -0.1) is 0 Å². The van der Waals surface area contributed by atoms with E-state index in [0.717, 1.165) is 34.7 Å². The number of nitrogens with zero attached hydrogens (tertiary/aromatic N) is 3. The molecular weight excluding hydrogens is 430 g/mol. The minimum Gasteiger partial charge on any atom is -0.507 e. The third-order valence-electron chi connectivity index (χ3n) is 6.43. The van der Waals surface area contributed by atoms with Crippen LogP contribution in [-0.2, 0) is 16.1 Å². The lowest BCUT2D eigenvalue weighted by Crippen LogP contribution is -2.29. The van der Waals surface area contributed by atoms with E-state index >= 15 is 0 Å². The van der Waals surface area contributed by atoms with E-state index in [4.69, 9.17) is 4.74 Å². The highest BCUT2D eigenvalue weighted by Gasteiger charge is 2.46. The molecule has 0 aliphatic carbocycles. The summed E-state index contributed by atoms with van der Waals surface area (Å²) in [5.74, 6) is -0.811. The number of carbonyl (C=O) groups excluding carboxylic acids is 2. The van der Waals surface area contributed by atoms with Crippen molar-refractivity contribution in [2.75, 3.05) is 25.1 Å². The molecule has 7 nitrogen and oxygen atoms in total. The first-order valence-electron chi connectivity index (χ1n) is 11.2. The summed E-state index contributed by atoms with van der Waals surface area (Å²) in [5.41, 5.74) is 3.90. The highest BCUT2D eigenvalue weighted by Crippen LogP contribution is 2.42. The number of rotatable bonds is 4. The third kappa shape index (κ3) is 3.69. The summed E-state index contributed by atoms with van der Waals surface area (Å²) in [5, 5.41) is 11.4. The third-order valence-corrected chi connectivity index (χ3v) is 6.43. The zero-order chi connectivity index (χ0) is 23.8. The smallest absolute Gasteiger partial charge is 0.295 e. The Bertz CT molecular complexity index is 1300. The molecule has 3 heterocycles. The number of hydrogen-bond donors (Lipinski definition) is 1. The van der Waals surface area contributed by atoms with Gasteiger partial charge < -0.3 is 19.6 Å². The molecule has 5 rings (SSSR count). The van der Waals surface area contributed by atoms with Gasteiger partial charge in [-0.3, -0.25) is 14.6 Å². The van der Waals surface area contributed by atoms with Gasteiger partial charge in [-0.05, 0) is 47.9 Å². The van der Waals surface area contributed by atoms with E-state index in [1.807, 2.05) is 49.2 Å². The quantitative estimate of drug-likeness (QED) is 0.366. The maximum atomic E-state index is 13.3. The van der Waals surface area contributed by atoms with E-state index in [1.165, 1.54) is 4.90 Å². The maximum absolute atomic E-state index is 13.3. The Kier molecular flexibility index (Phi) is 5.53. The number of hydrogen-bond acceptors (Lipinski definition) is 6. The van der Waals surface area contributed by atoms with Crippen LogP contribution in [0.2, 0.25) is 0 Å². The summed E-state index contributed by atoms with van der Waals surface area (Å²) in [7, 11) is 1.95. The number of anilines is 1. The van der Waals surface area contributed by atoms with E-state index in [0.29, 0.717) is 12.2 Å². The topological polar surface area (TPSA) is 83.0 Å². The van der Waals surface area contributed by atoms with Crippen LogP contribution in [0.4, 0.5) is 5.69 Å². The van der Waals surface area contributed by atoms with Crippen molar-refractivity contribution >= 4 is 23.1 Å². The Balaban J connectivity index is 1.66. The van der Waals surface area contributed by atoms with Crippen LogP contribution in [0.25, 0.3) is 5.76 Å². The number of carbonyl (C=O) groups is 2. The van der Waals surface area contributed by atoms with Crippen molar-refractivity contribution in [1.29, 1.82) is 0 Å². The Labute approximate surface area is 197 Å². The van der Waals surface area contributed by atoms with Gasteiger partial charge in [-0.2, -0.15) is 0 Å². The second-order valence-electron chi connectivity index (χ2n) is 8.60. The van der Waals surface area contributed by atoms with Crippen LogP contribution < -0.4 is 9.64 Å². The van der Waals surface area contributed by atoms with Gasteiger partial charge in [0, 0.05) is 31.5 Å². The lowest BCUT2D eigenvalue weighted by Gasteiger charge is -2.28. The molecule has 0 spiro atoms. The van der Waals surface area contributed by atoms with Crippen LogP contribution in [0.5, 0.6) is 5.75 Å². The van der Waals surface area contributed by atoms with Gasteiger partial charge in [0.25, 0.3) is 11.7 Å². The summed E-state index contributed by atoms with van der Waals surface area (Å²) in [6, 6.07) is 15.9. The lowest BCUT2D eigenvalue weighted by molar-refractivity contribution is -0.140. The highest BCUT2D eigenvalue weighted by atomic mass is 16.5. The van der Waals surface area contributed by atoms with Gasteiger partial charge in [0.2, 0.25) is 0 Å². The number of ketones is 1. The molecular formula is C27H25N3O4. The van der Waals surface area contributed by atoms with Crippen molar-refractivity contribution in [1.82, 2.24) is 9.88 Å². The zero-order valence-corrected chi connectivity index (χ0v) is 19.1. The molecule has 1 unspecified atom stereocenters. The number of Topliss-reactive ketones (excluding diaryl/α,β-unsaturated/α-hetero) is 1. The molecule has 0 bridgehead atoms. The fraction of sp³-hybridized carbons (Fsp3) is 0.222. The molecule has 1 aromatic heterocycles.